The van der Waals surface area contributed by atoms with E-state index in [4.69, 9.17) is 5.73 Å². The molecule has 0 heterocycles. The van der Waals surface area contributed by atoms with Crippen LogP contribution in [0.25, 0.3) is 0 Å². The fourth-order valence-corrected chi connectivity index (χ4v) is 2.44. The minimum Gasteiger partial charge on any atom is -0.345 e. The number of aryl methyl sites for hydroxylation is 2. The number of benzene rings is 1. The fraction of sp³-hybridized carbons (Fsp3) is 0.533. The van der Waals surface area contributed by atoms with E-state index in [0.717, 1.165) is 11.1 Å². The Morgan fingerprint density at radius 3 is 2.53 bits per heavy atom. The van der Waals surface area contributed by atoms with Crippen molar-refractivity contribution < 1.29 is 4.79 Å². The maximum absolute atomic E-state index is 12.3. The molecule has 1 aromatic rings. The Labute approximate surface area is 121 Å². The molecule has 106 valence electrons. The van der Waals surface area contributed by atoms with Gasteiger partial charge >= 0.3 is 0 Å². The van der Waals surface area contributed by atoms with Crippen LogP contribution in [0, 0.1) is 19.8 Å². The van der Waals surface area contributed by atoms with Crippen LogP contribution in [-0.2, 0) is 0 Å². The lowest BCUT2D eigenvalue weighted by molar-refractivity contribution is 0.0897. The molecule has 19 heavy (non-hydrogen) atoms. The molecule has 1 aliphatic rings. The number of amides is 1. The molecule has 0 spiro atoms. The standard InChI is InChI=1S/C15H22N2O.ClH/c1-10-4-7-13(11(2)8-10)14(18)17-15(3,9-16)12-5-6-12;/h4,7-8,12H,5-6,9,16H2,1-3H3,(H,17,18);1H. The second-order valence-corrected chi connectivity index (χ2v) is 5.67. The summed E-state index contributed by atoms with van der Waals surface area (Å²) >= 11 is 0. The summed E-state index contributed by atoms with van der Waals surface area (Å²) in [6, 6.07) is 5.90. The molecule has 1 aliphatic carbocycles. The molecule has 1 saturated carbocycles. The molecule has 3 nitrogen and oxygen atoms in total. The summed E-state index contributed by atoms with van der Waals surface area (Å²) in [6.45, 7) is 6.54. The van der Waals surface area contributed by atoms with Crippen molar-refractivity contribution in [1.29, 1.82) is 0 Å². The van der Waals surface area contributed by atoms with Gasteiger partial charge in [-0.25, -0.2) is 0 Å². The number of halogens is 1. The van der Waals surface area contributed by atoms with Crippen LogP contribution in [0.15, 0.2) is 18.2 Å². The van der Waals surface area contributed by atoms with E-state index in [2.05, 4.69) is 5.32 Å². The van der Waals surface area contributed by atoms with Gasteiger partial charge in [-0.05, 0) is 51.2 Å². The van der Waals surface area contributed by atoms with Crippen LogP contribution < -0.4 is 11.1 Å². The van der Waals surface area contributed by atoms with E-state index in [1.807, 2.05) is 39.0 Å². The van der Waals surface area contributed by atoms with Gasteiger partial charge in [0.05, 0.1) is 5.54 Å². The van der Waals surface area contributed by atoms with Gasteiger partial charge in [0.25, 0.3) is 5.91 Å². The predicted octanol–water partition coefficient (Wildman–Crippen LogP) is 2.58. The zero-order valence-electron chi connectivity index (χ0n) is 11.8. The molecule has 0 saturated heterocycles. The van der Waals surface area contributed by atoms with Crippen molar-refractivity contribution in [3.8, 4) is 0 Å². The van der Waals surface area contributed by atoms with Crippen LogP contribution in [0.1, 0.15) is 41.3 Å². The molecule has 4 heteroatoms. The highest BCUT2D eigenvalue weighted by atomic mass is 35.5. The molecule has 3 N–H and O–H groups in total. The van der Waals surface area contributed by atoms with Crippen molar-refractivity contribution in [2.45, 2.75) is 39.2 Å². The normalized spacial score (nSPS) is 17.3. The molecule has 0 aromatic heterocycles. The Balaban J connectivity index is 0.00000180. The van der Waals surface area contributed by atoms with Crippen LogP contribution in [0.3, 0.4) is 0 Å². The Morgan fingerprint density at radius 1 is 1.42 bits per heavy atom. The number of nitrogens with one attached hydrogen (secondary N) is 1. The highest BCUT2D eigenvalue weighted by Crippen LogP contribution is 2.39. The van der Waals surface area contributed by atoms with E-state index in [-0.39, 0.29) is 23.9 Å². The lowest BCUT2D eigenvalue weighted by atomic mass is 9.94. The maximum atomic E-state index is 12.3. The third kappa shape index (κ3) is 3.48. The predicted molar refractivity (Wildman–Crippen MR) is 80.8 cm³/mol. The molecule has 1 amide bonds. The third-order valence-electron chi connectivity index (χ3n) is 3.93. The molecule has 1 unspecified atom stereocenters. The van der Waals surface area contributed by atoms with Gasteiger partial charge < -0.3 is 11.1 Å². The van der Waals surface area contributed by atoms with E-state index in [9.17, 15) is 4.79 Å². The van der Waals surface area contributed by atoms with Gasteiger partial charge in [0.2, 0.25) is 0 Å². The summed E-state index contributed by atoms with van der Waals surface area (Å²) in [5.74, 6) is 0.532. The molecular weight excluding hydrogens is 260 g/mol. The summed E-state index contributed by atoms with van der Waals surface area (Å²) in [7, 11) is 0. The van der Waals surface area contributed by atoms with Crippen LogP contribution >= 0.6 is 12.4 Å². The molecule has 0 bridgehead atoms. The highest BCUT2D eigenvalue weighted by molar-refractivity contribution is 5.96. The minimum atomic E-state index is -0.256. The van der Waals surface area contributed by atoms with E-state index in [0.29, 0.717) is 12.5 Å². The van der Waals surface area contributed by atoms with Crippen molar-refractivity contribution in [3.63, 3.8) is 0 Å². The molecule has 1 atom stereocenters. The first-order valence-corrected chi connectivity index (χ1v) is 6.56. The number of nitrogens with two attached hydrogens (primary N) is 1. The van der Waals surface area contributed by atoms with Crippen molar-refractivity contribution in [3.05, 3.63) is 34.9 Å². The minimum absolute atomic E-state index is 0. The van der Waals surface area contributed by atoms with Crippen LogP contribution in [0.2, 0.25) is 0 Å². The van der Waals surface area contributed by atoms with E-state index in [1.54, 1.807) is 0 Å². The quantitative estimate of drug-likeness (QED) is 0.892. The summed E-state index contributed by atoms with van der Waals surface area (Å²) < 4.78 is 0. The summed E-state index contributed by atoms with van der Waals surface area (Å²) in [5.41, 5.74) is 8.51. The Kier molecular flexibility index (Phi) is 4.99. The molecule has 1 aromatic carbocycles. The van der Waals surface area contributed by atoms with Gasteiger partial charge in [-0.3, -0.25) is 4.79 Å². The smallest absolute Gasteiger partial charge is 0.252 e. The number of carbonyl (C=O) groups excluding carboxylic acids is 1. The Hall–Kier alpha value is -1.06. The van der Waals surface area contributed by atoms with E-state index >= 15 is 0 Å². The number of hydrogen-bond acceptors (Lipinski definition) is 2. The topological polar surface area (TPSA) is 55.1 Å². The fourth-order valence-electron chi connectivity index (χ4n) is 2.44. The molecule has 0 radical (unpaired) electrons. The molecule has 1 fully saturated rings. The van der Waals surface area contributed by atoms with Crippen LogP contribution in [0.5, 0.6) is 0 Å². The van der Waals surface area contributed by atoms with Gasteiger partial charge in [-0.1, -0.05) is 17.7 Å². The lowest BCUT2D eigenvalue weighted by Gasteiger charge is -2.29. The summed E-state index contributed by atoms with van der Waals surface area (Å²) in [6.07, 6.45) is 2.34. The summed E-state index contributed by atoms with van der Waals surface area (Å²) in [5, 5.41) is 3.12. The largest absolute Gasteiger partial charge is 0.345 e. The average Bonchev–Trinajstić information content (AvgIpc) is 3.12. The first-order valence-electron chi connectivity index (χ1n) is 6.56. The first-order chi connectivity index (χ1) is 8.46. The summed E-state index contributed by atoms with van der Waals surface area (Å²) in [4.78, 5) is 12.3. The monoisotopic (exact) mass is 282 g/mol. The highest BCUT2D eigenvalue weighted by Gasteiger charge is 2.41. The first kappa shape index (κ1) is 16.0. The van der Waals surface area contributed by atoms with Gasteiger partial charge in [0.15, 0.2) is 0 Å². The van der Waals surface area contributed by atoms with E-state index < -0.39 is 0 Å². The Morgan fingerprint density at radius 2 is 2.05 bits per heavy atom. The second kappa shape index (κ2) is 5.93. The van der Waals surface area contributed by atoms with Crippen molar-refractivity contribution in [2.24, 2.45) is 11.7 Å². The maximum Gasteiger partial charge on any atom is 0.252 e. The SMILES string of the molecule is Cc1ccc(C(=O)NC(C)(CN)C2CC2)c(C)c1.Cl. The van der Waals surface area contributed by atoms with Crippen LogP contribution in [0.4, 0.5) is 0 Å². The number of hydrogen-bond donors (Lipinski definition) is 2. The van der Waals surface area contributed by atoms with Gasteiger partial charge in [0, 0.05) is 12.1 Å². The molecule has 2 rings (SSSR count). The van der Waals surface area contributed by atoms with Crippen molar-refractivity contribution in [1.82, 2.24) is 5.32 Å². The molecule has 0 aliphatic heterocycles. The van der Waals surface area contributed by atoms with Gasteiger partial charge in [-0.2, -0.15) is 0 Å². The number of carbonyl (C=O) groups is 1. The van der Waals surface area contributed by atoms with Crippen molar-refractivity contribution >= 4 is 18.3 Å². The molecular formula is C15H23ClN2O. The van der Waals surface area contributed by atoms with Gasteiger partial charge in [-0.15, -0.1) is 12.4 Å². The lowest BCUT2D eigenvalue weighted by Crippen LogP contribution is -2.53. The number of rotatable bonds is 4. The zero-order valence-corrected chi connectivity index (χ0v) is 12.6. The van der Waals surface area contributed by atoms with E-state index in [1.165, 1.54) is 18.4 Å². The van der Waals surface area contributed by atoms with Crippen LogP contribution in [-0.4, -0.2) is 18.0 Å². The Bertz CT molecular complexity index is 471. The third-order valence-corrected chi connectivity index (χ3v) is 3.93. The second-order valence-electron chi connectivity index (χ2n) is 5.67. The van der Waals surface area contributed by atoms with Crippen molar-refractivity contribution in [2.75, 3.05) is 6.54 Å². The zero-order chi connectivity index (χ0) is 13.3. The average molecular weight is 283 g/mol. The van der Waals surface area contributed by atoms with Gasteiger partial charge in [0.1, 0.15) is 0 Å².